The van der Waals surface area contributed by atoms with E-state index in [1.807, 2.05) is 37.3 Å². The van der Waals surface area contributed by atoms with Crippen LogP contribution in [0.5, 0.6) is 0 Å². The van der Waals surface area contributed by atoms with E-state index < -0.39 is 5.41 Å². The van der Waals surface area contributed by atoms with Crippen molar-refractivity contribution in [1.82, 2.24) is 5.32 Å². The Labute approximate surface area is 152 Å². The Morgan fingerprint density at radius 2 is 1.76 bits per heavy atom. The number of halogens is 1. The number of hydrogen-bond donors (Lipinski definition) is 2. The van der Waals surface area contributed by atoms with Crippen molar-refractivity contribution in [3.05, 3.63) is 64.2 Å². The summed E-state index contributed by atoms with van der Waals surface area (Å²) in [6.07, 6.45) is 2.65. The third-order valence-electron chi connectivity index (χ3n) is 5.09. The summed E-state index contributed by atoms with van der Waals surface area (Å²) in [7, 11) is 1.59. The zero-order valence-corrected chi connectivity index (χ0v) is 15.1. The van der Waals surface area contributed by atoms with Crippen molar-refractivity contribution >= 4 is 29.1 Å². The van der Waals surface area contributed by atoms with Crippen LogP contribution in [0.1, 0.15) is 40.7 Å². The lowest BCUT2D eigenvalue weighted by Gasteiger charge is -2.41. The molecule has 0 atom stereocenters. The molecule has 0 spiro atoms. The van der Waals surface area contributed by atoms with E-state index in [4.69, 9.17) is 11.6 Å². The van der Waals surface area contributed by atoms with E-state index in [0.717, 1.165) is 30.4 Å². The first-order valence-electron chi connectivity index (χ1n) is 8.37. The molecule has 4 nitrogen and oxygen atoms in total. The fourth-order valence-corrected chi connectivity index (χ4v) is 3.47. The number of nitrogens with one attached hydrogen (secondary N) is 2. The number of carbonyl (C=O) groups is 2. The average Bonchev–Trinajstić information content (AvgIpc) is 2.57. The fourth-order valence-electron chi connectivity index (χ4n) is 3.34. The zero-order chi connectivity index (χ0) is 18.0. The number of rotatable bonds is 4. The standard InChI is InChI=1S/C20H21ClN2O2/c1-13-16(18(24)22-2)5-3-6-17(13)23-19(25)20(11-4-12-20)14-7-9-15(21)10-8-14/h3,5-10H,4,11-12H2,1-2H3,(H,22,24)(H,23,25). The van der Waals surface area contributed by atoms with Gasteiger partial charge in [-0.3, -0.25) is 9.59 Å². The topological polar surface area (TPSA) is 58.2 Å². The van der Waals surface area contributed by atoms with Gasteiger partial charge in [0, 0.05) is 23.3 Å². The minimum absolute atomic E-state index is 0.0294. The van der Waals surface area contributed by atoms with Crippen LogP contribution in [0.15, 0.2) is 42.5 Å². The second-order valence-corrected chi connectivity index (χ2v) is 6.89. The predicted octanol–water partition coefficient (Wildman–Crippen LogP) is 4.07. The van der Waals surface area contributed by atoms with E-state index in [1.54, 1.807) is 19.2 Å². The van der Waals surface area contributed by atoms with Gasteiger partial charge < -0.3 is 10.6 Å². The summed E-state index contributed by atoms with van der Waals surface area (Å²) in [6.45, 7) is 1.84. The molecule has 0 unspecified atom stereocenters. The number of benzene rings is 2. The van der Waals surface area contributed by atoms with Crippen LogP contribution < -0.4 is 10.6 Å². The van der Waals surface area contributed by atoms with Crippen LogP contribution in [0, 0.1) is 6.92 Å². The Morgan fingerprint density at radius 1 is 1.08 bits per heavy atom. The highest BCUT2D eigenvalue weighted by Crippen LogP contribution is 2.45. The average molecular weight is 357 g/mol. The van der Waals surface area contributed by atoms with Gasteiger partial charge in [0.2, 0.25) is 5.91 Å². The first-order chi connectivity index (χ1) is 12.0. The lowest BCUT2D eigenvalue weighted by atomic mass is 9.63. The molecule has 2 aromatic carbocycles. The van der Waals surface area contributed by atoms with E-state index in [0.29, 0.717) is 16.3 Å². The largest absolute Gasteiger partial charge is 0.355 e. The van der Waals surface area contributed by atoms with Crippen molar-refractivity contribution in [2.45, 2.75) is 31.6 Å². The summed E-state index contributed by atoms with van der Waals surface area (Å²) in [5.74, 6) is -0.192. The van der Waals surface area contributed by atoms with Crippen molar-refractivity contribution in [1.29, 1.82) is 0 Å². The van der Waals surface area contributed by atoms with Crippen LogP contribution >= 0.6 is 11.6 Å². The third-order valence-corrected chi connectivity index (χ3v) is 5.34. The minimum Gasteiger partial charge on any atom is -0.355 e. The van der Waals surface area contributed by atoms with Crippen LogP contribution in [0.4, 0.5) is 5.69 Å². The molecule has 1 aliphatic carbocycles. The van der Waals surface area contributed by atoms with Crippen molar-refractivity contribution < 1.29 is 9.59 Å². The number of amides is 2. The molecule has 130 valence electrons. The fraction of sp³-hybridized carbons (Fsp3) is 0.300. The SMILES string of the molecule is CNC(=O)c1cccc(NC(=O)C2(c3ccc(Cl)cc3)CCC2)c1C. The molecule has 0 aliphatic heterocycles. The van der Waals surface area contributed by atoms with Crippen LogP contribution in [-0.2, 0) is 10.2 Å². The molecule has 1 saturated carbocycles. The quantitative estimate of drug-likeness (QED) is 0.867. The van der Waals surface area contributed by atoms with E-state index in [1.165, 1.54) is 0 Å². The Bertz CT molecular complexity index is 811. The highest BCUT2D eigenvalue weighted by atomic mass is 35.5. The molecule has 0 bridgehead atoms. The maximum atomic E-state index is 13.1. The van der Waals surface area contributed by atoms with Crippen molar-refractivity contribution in [3.63, 3.8) is 0 Å². The number of carbonyl (C=O) groups excluding carboxylic acids is 2. The lowest BCUT2D eigenvalue weighted by molar-refractivity contribution is -0.124. The van der Waals surface area contributed by atoms with Gasteiger partial charge in [0.25, 0.3) is 5.91 Å². The molecule has 0 heterocycles. The van der Waals surface area contributed by atoms with Crippen molar-refractivity contribution in [3.8, 4) is 0 Å². The zero-order valence-electron chi connectivity index (χ0n) is 14.4. The molecule has 0 radical (unpaired) electrons. The monoisotopic (exact) mass is 356 g/mol. The van der Waals surface area contributed by atoms with Gasteiger partial charge in [0.1, 0.15) is 0 Å². The molecule has 0 aromatic heterocycles. The van der Waals surface area contributed by atoms with Gasteiger partial charge in [-0.25, -0.2) is 0 Å². The Morgan fingerprint density at radius 3 is 2.32 bits per heavy atom. The Kier molecular flexibility index (Phi) is 4.82. The van der Waals surface area contributed by atoms with E-state index in [9.17, 15) is 9.59 Å². The van der Waals surface area contributed by atoms with E-state index >= 15 is 0 Å². The van der Waals surface area contributed by atoms with Crippen molar-refractivity contribution in [2.24, 2.45) is 0 Å². The normalized spacial score (nSPS) is 15.2. The summed E-state index contributed by atoms with van der Waals surface area (Å²) >= 11 is 5.98. The molecule has 25 heavy (non-hydrogen) atoms. The predicted molar refractivity (Wildman–Crippen MR) is 100 cm³/mol. The molecular formula is C20H21ClN2O2. The molecule has 2 N–H and O–H groups in total. The summed E-state index contributed by atoms with van der Waals surface area (Å²) in [4.78, 5) is 25.0. The van der Waals surface area contributed by atoms with Gasteiger partial charge in [-0.15, -0.1) is 0 Å². The minimum atomic E-state index is -0.514. The second-order valence-electron chi connectivity index (χ2n) is 6.45. The number of hydrogen-bond acceptors (Lipinski definition) is 2. The maximum absolute atomic E-state index is 13.1. The van der Waals surface area contributed by atoms with Gasteiger partial charge in [-0.05, 0) is 55.2 Å². The molecule has 1 fully saturated rings. The van der Waals surface area contributed by atoms with Gasteiger partial charge in [0.05, 0.1) is 5.41 Å². The summed E-state index contributed by atoms with van der Waals surface area (Å²) < 4.78 is 0. The second kappa shape index (κ2) is 6.89. The first-order valence-corrected chi connectivity index (χ1v) is 8.75. The van der Waals surface area contributed by atoms with Gasteiger partial charge in [-0.2, -0.15) is 0 Å². The molecule has 1 aliphatic rings. The van der Waals surface area contributed by atoms with Gasteiger partial charge in [-0.1, -0.05) is 36.2 Å². The maximum Gasteiger partial charge on any atom is 0.251 e. The van der Waals surface area contributed by atoms with Gasteiger partial charge in [0.15, 0.2) is 0 Å². The third kappa shape index (κ3) is 3.14. The summed E-state index contributed by atoms with van der Waals surface area (Å²) in [6, 6.07) is 12.9. The highest BCUT2D eigenvalue weighted by Gasteiger charge is 2.45. The molecule has 2 aromatic rings. The van der Waals surface area contributed by atoms with Crippen LogP contribution in [-0.4, -0.2) is 18.9 Å². The lowest BCUT2D eigenvalue weighted by Crippen LogP contribution is -2.46. The molecule has 3 rings (SSSR count). The van der Waals surface area contributed by atoms with Crippen molar-refractivity contribution in [2.75, 3.05) is 12.4 Å². The van der Waals surface area contributed by atoms with E-state index in [2.05, 4.69) is 10.6 Å². The van der Waals surface area contributed by atoms with Crippen LogP contribution in [0.25, 0.3) is 0 Å². The smallest absolute Gasteiger partial charge is 0.251 e. The first kappa shape index (κ1) is 17.5. The van der Waals surface area contributed by atoms with Gasteiger partial charge >= 0.3 is 0 Å². The molecule has 0 saturated heterocycles. The summed E-state index contributed by atoms with van der Waals surface area (Å²) in [5, 5.41) is 6.32. The summed E-state index contributed by atoms with van der Waals surface area (Å²) in [5.41, 5.74) is 2.47. The van der Waals surface area contributed by atoms with E-state index in [-0.39, 0.29) is 11.8 Å². The molecular weight excluding hydrogens is 336 g/mol. The Hall–Kier alpha value is -2.33. The highest BCUT2D eigenvalue weighted by molar-refractivity contribution is 6.30. The molecule has 5 heteroatoms. The number of anilines is 1. The van der Waals surface area contributed by atoms with Crippen LogP contribution in [0.2, 0.25) is 5.02 Å². The Balaban J connectivity index is 1.89. The van der Waals surface area contributed by atoms with Crippen LogP contribution in [0.3, 0.4) is 0 Å². The molecule has 2 amide bonds.